The largest absolute Gasteiger partial charge is 1.00 e. The molecule has 0 saturated heterocycles. The topological polar surface area (TPSA) is 40.1 Å². The fourth-order valence-electron chi connectivity index (χ4n) is 1.91. The number of hydrogen-bond donors (Lipinski definition) is 0. The van der Waals surface area contributed by atoms with E-state index in [1.54, 1.807) is 12.2 Å². The van der Waals surface area contributed by atoms with E-state index in [2.05, 4.69) is 19.1 Å². The van der Waals surface area contributed by atoms with E-state index in [0.29, 0.717) is 0 Å². The zero-order valence-electron chi connectivity index (χ0n) is 14.7. The Morgan fingerprint density at radius 1 is 0.739 bits per heavy atom. The molecule has 0 aliphatic rings. The molecular weight excluding hydrogens is 311 g/mol. The quantitative estimate of drug-likeness (QED) is 0.221. The molecule has 0 aliphatic heterocycles. The smallest absolute Gasteiger partial charge is 0.545 e. The van der Waals surface area contributed by atoms with Crippen molar-refractivity contribution in [2.24, 2.45) is 0 Å². The van der Waals surface area contributed by atoms with Crippen molar-refractivity contribution in [3.63, 3.8) is 0 Å². The van der Waals surface area contributed by atoms with Gasteiger partial charge in [-0.15, -0.1) is 0 Å². The van der Waals surface area contributed by atoms with Crippen LogP contribution in [0, 0.1) is 0 Å². The van der Waals surface area contributed by atoms with Gasteiger partial charge < -0.3 is 9.90 Å². The molecule has 0 amide bonds. The molecule has 0 aromatic carbocycles. The second-order valence-electron chi connectivity index (χ2n) is 5.17. The minimum atomic E-state index is -1.18. The monoisotopic (exact) mass is 340 g/mol. The predicted molar refractivity (Wildman–Crippen MR) is 93.3 cm³/mol. The van der Waals surface area contributed by atoms with Crippen LogP contribution < -0.4 is 56.5 Å². The van der Waals surface area contributed by atoms with Gasteiger partial charge in [0, 0.05) is 0 Å². The van der Waals surface area contributed by atoms with Gasteiger partial charge in [-0.2, -0.15) is 0 Å². The third-order valence-corrected chi connectivity index (χ3v) is 3.12. The number of allylic oxidation sites excluding steroid dienone is 9. The van der Waals surface area contributed by atoms with Crippen LogP contribution in [0.1, 0.15) is 58.3 Å². The van der Waals surface area contributed by atoms with Crippen molar-refractivity contribution in [3.05, 3.63) is 60.8 Å². The fraction of sp³-hybridized carbons (Fsp3) is 0.450. The second-order valence-corrected chi connectivity index (χ2v) is 5.17. The van der Waals surface area contributed by atoms with E-state index in [1.807, 2.05) is 24.3 Å². The first kappa shape index (κ1) is 25.1. The minimum Gasteiger partial charge on any atom is -0.545 e. The number of carbonyl (C=O) groups is 1. The predicted octanol–water partition coefficient (Wildman–Crippen LogP) is 1.66. The van der Waals surface area contributed by atoms with E-state index in [4.69, 9.17) is 0 Å². The number of carboxylic acids is 1. The molecule has 0 radical (unpaired) electrons. The molecule has 122 valence electrons. The molecule has 0 aromatic rings. The van der Waals surface area contributed by atoms with Crippen LogP contribution in [0.15, 0.2) is 60.8 Å². The Labute approximate surface area is 184 Å². The van der Waals surface area contributed by atoms with Gasteiger partial charge in [0.15, 0.2) is 0 Å². The van der Waals surface area contributed by atoms with Gasteiger partial charge in [0.25, 0.3) is 0 Å². The summed E-state index contributed by atoms with van der Waals surface area (Å²) >= 11 is 0. The fourth-order valence-corrected chi connectivity index (χ4v) is 1.91. The van der Waals surface area contributed by atoms with E-state index in [1.165, 1.54) is 51.0 Å². The molecule has 3 heteroatoms. The van der Waals surface area contributed by atoms with E-state index in [-0.39, 0.29) is 51.4 Å². The van der Waals surface area contributed by atoms with E-state index < -0.39 is 5.97 Å². The second kappa shape index (κ2) is 21.8. The molecule has 0 N–H and O–H groups in total. The standard InChI is InChI=1S/C20H30O2.K/c1-2-3-4-5-6-7-8-9-10-11-12-13-14-15-16-17-18-19-20(21)22;/h10-19H,2-9H2,1H3,(H,21,22);/q;+1/p-1. The van der Waals surface area contributed by atoms with Crippen molar-refractivity contribution in [1.82, 2.24) is 0 Å². The Bertz CT molecular complexity index is 404. The maximum atomic E-state index is 10.1. The zero-order chi connectivity index (χ0) is 16.3. The molecule has 0 saturated carbocycles. The van der Waals surface area contributed by atoms with Crippen LogP contribution in [0.25, 0.3) is 0 Å². The van der Waals surface area contributed by atoms with Crippen LogP contribution in [0.4, 0.5) is 0 Å². The number of rotatable bonds is 13. The normalized spacial score (nSPS) is 12.2. The Morgan fingerprint density at radius 3 is 1.78 bits per heavy atom. The van der Waals surface area contributed by atoms with E-state index in [0.717, 1.165) is 12.5 Å². The molecule has 0 heterocycles. The van der Waals surface area contributed by atoms with Crippen LogP contribution in [0.2, 0.25) is 0 Å². The molecule has 0 fully saturated rings. The molecule has 2 nitrogen and oxygen atoms in total. The number of carbonyl (C=O) groups excluding carboxylic acids is 1. The minimum absolute atomic E-state index is 0. The maximum absolute atomic E-state index is 10.1. The van der Waals surface area contributed by atoms with Crippen molar-refractivity contribution in [3.8, 4) is 0 Å². The summed E-state index contributed by atoms with van der Waals surface area (Å²) in [7, 11) is 0. The molecule has 0 spiro atoms. The van der Waals surface area contributed by atoms with Gasteiger partial charge in [-0.25, -0.2) is 0 Å². The average Bonchev–Trinajstić information content (AvgIpc) is 2.50. The van der Waals surface area contributed by atoms with Gasteiger partial charge in [0.2, 0.25) is 0 Å². The van der Waals surface area contributed by atoms with Gasteiger partial charge in [0.1, 0.15) is 0 Å². The number of unbranched alkanes of at least 4 members (excludes halogenated alkanes) is 7. The Hall–Kier alpha value is -0.194. The Kier molecular flexibility index (Phi) is 23.8. The third-order valence-electron chi connectivity index (χ3n) is 3.12. The van der Waals surface area contributed by atoms with Gasteiger partial charge >= 0.3 is 51.4 Å². The molecule has 0 unspecified atom stereocenters. The average molecular weight is 341 g/mol. The van der Waals surface area contributed by atoms with Crippen molar-refractivity contribution < 1.29 is 61.3 Å². The molecule has 0 rings (SSSR count). The first-order chi connectivity index (χ1) is 10.8. The number of carboxylic acid groups (broad SMARTS) is 1. The Balaban J connectivity index is 0. The SMILES string of the molecule is CCCCCCCCCC=CC=CC=CC=CC=CC(=O)[O-].[K+]. The van der Waals surface area contributed by atoms with Gasteiger partial charge in [-0.05, 0) is 18.9 Å². The molecular formula is C20H29KO2. The summed E-state index contributed by atoms with van der Waals surface area (Å²) in [6, 6.07) is 0. The van der Waals surface area contributed by atoms with Crippen LogP contribution in [-0.2, 0) is 4.79 Å². The van der Waals surface area contributed by atoms with Gasteiger partial charge in [-0.1, -0.05) is 100 Å². The number of hydrogen-bond acceptors (Lipinski definition) is 2. The van der Waals surface area contributed by atoms with Crippen molar-refractivity contribution >= 4 is 5.97 Å². The molecule has 0 aliphatic carbocycles. The molecule has 23 heavy (non-hydrogen) atoms. The Morgan fingerprint density at radius 2 is 1.22 bits per heavy atom. The number of aliphatic carboxylic acids is 1. The molecule has 0 aromatic heterocycles. The van der Waals surface area contributed by atoms with Crippen molar-refractivity contribution in [2.45, 2.75) is 58.3 Å². The van der Waals surface area contributed by atoms with E-state index in [9.17, 15) is 9.90 Å². The van der Waals surface area contributed by atoms with Crippen molar-refractivity contribution in [2.75, 3.05) is 0 Å². The summed E-state index contributed by atoms with van der Waals surface area (Å²) in [5.74, 6) is -1.18. The molecule has 0 atom stereocenters. The van der Waals surface area contributed by atoms with E-state index >= 15 is 0 Å². The van der Waals surface area contributed by atoms with Gasteiger partial charge in [0.05, 0.1) is 5.97 Å². The summed E-state index contributed by atoms with van der Waals surface area (Å²) in [5.41, 5.74) is 0. The van der Waals surface area contributed by atoms with Crippen LogP contribution in [0.5, 0.6) is 0 Å². The summed E-state index contributed by atoms with van der Waals surface area (Å²) in [6.45, 7) is 2.25. The van der Waals surface area contributed by atoms with Crippen LogP contribution in [0.3, 0.4) is 0 Å². The summed E-state index contributed by atoms with van der Waals surface area (Å²) in [6.07, 6.45) is 28.4. The first-order valence-electron chi connectivity index (χ1n) is 8.31. The van der Waals surface area contributed by atoms with Crippen LogP contribution in [-0.4, -0.2) is 5.97 Å². The summed E-state index contributed by atoms with van der Waals surface area (Å²) < 4.78 is 0. The maximum Gasteiger partial charge on any atom is 1.00 e. The summed E-state index contributed by atoms with van der Waals surface area (Å²) in [5, 5.41) is 10.1. The van der Waals surface area contributed by atoms with Crippen LogP contribution >= 0.6 is 0 Å². The summed E-state index contributed by atoms with van der Waals surface area (Å²) in [4.78, 5) is 10.1. The van der Waals surface area contributed by atoms with Gasteiger partial charge in [-0.3, -0.25) is 0 Å². The zero-order valence-corrected chi connectivity index (χ0v) is 17.9. The first-order valence-corrected chi connectivity index (χ1v) is 8.31. The molecule has 0 bridgehead atoms. The third kappa shape index (κ3) is 24.2. The van der Waals surface area contributed by atoms with Crippen molar-refractivity contribution in [1.29, 1.82) is 0 Å².